The molecule has 0 radical (unpaired) electrons. The zero-order valence-electron chi connectivity index (χ0n) is 12.3. The Morgan fingerprint density at radius 2 is 1.55 bits per heavy atom. The minimum atomic E-state index is -1.50. The molecule has 2 unspecified atom stereocenters. The first-order chi connectivity index (χ1) is 9.49. The summed E-state index contributed by atoms with van der Waals surface area (Å²) in [7, 11) is 0. The highest BCUT2D eigenvalue weighted by molar-refractivity contribution is 5.76. The van der Waals surface area contributed by atoms with E-state index in [9.17, 15) is 14.7 Å². The zero-order valence-corrected chi connectivity index (χ0v) is 12.3. The maximum Gasteiger partial charge on any atom is 0.338 e. The standard InChI is InChI=1S/C14H26O6/c1-3-4-5-6-7-8-9-19-14(18)12(16)10-20-13(17)11(2)15/h11-12,15-16H,3-10H2,1-2H3. The summed E-state index contributed by atoms with van der Waals surface area (Å²) in [6.45, 7) is 3.14. The van der Waals surface area contributed by atoms with Crippen LogP contribution in [-0.4, -0.2) is 47.6 Å². The third kappa shape index (κ3) is 9.75. The van der Waals surface area contributed by atoms with Gasteiger partial charge in [-0.2, -0.15) is 0 Å². The Hall–Kier alpha value is -1.14. The quantitative estimate of drug-likeness (QED) is 0.438. The number of esters is 2. The van der Waals surface area contributed by atoms with E-state index in [0.29, 0.717) is 0 Å². The number of carbonyl (C=O) groups excluding carboxylic acids is 2. The fourth-order valence-electron chi connectivity index (χ4n) is 1.50. The number of unbranched alkanes of at least 4 members (excludes halogenated alkanes) is 5. The first-order valence-electron chi connectivity index (χ1n) is 7.18. The first kappa shape index (κ1) is 18.9. The molecule has 118 valence electrons. The molecule has 0 heterocycles. The van der Waals surface area contributed by atoms with Gasteiger partial charge in [-0.1, -0.05) is 39.0 Å². The van der Waals surface area contributed by atoms with Crippen molar-refractivity contribution >= 4 is 11.9 Å². The van der Waals surface area contributed by atoms with Crippen LogP contribution in [0.2, 0.25) is 0 Å². The average molecular weight is 290 g/mol. The lowest BCUT2D eigenvalue weighted by Gasteiger charge is -2.12. The third-order valence-electron chi connectivity index (χ3n) is 2.74. The van der Waals surface area contributed by atoms with Crippen LogP contribution in [-0.2, 0) is 19.1 Å². The summed E-state index contributed by atoms with van der Waals surface area (Å²) in [5, 5.41) is 18.2. The molecule has 0 aromatic rings. The number of hydrogen-bond acceptors (Lipinski definition) is 6. The summed E-state index contributed by atoms with van der Waals surface area (Å²) in [6.07, 6.45) is 3.66. The molecular weight excluding hydrogens is 264 g/mol. The van der Waals surface area contributed by atoms with Crippen molar-refractivity contribution in [2.75, 3.05) is 13.2 Å². The molecular formula is C14H26O6. The summed E-state index contributed by atoms with van der Waals surface area (Å²) < 4.78 is 9.38. The van der Waals surface area contributed by atoms with Gasteiger partial charge in [-0.15, -0.1) is 0 Å². The van der Waals surface area contributed by atoms with Crippen LogP contribution in [0, 0.1) is 0 Å². The lowest BCUT2D eigenvalue weighted by atomic mass is 10.1. The maximum atomic E-state index is 11.3. The molecule has 0 amide bonds. The van der Waals surface area contributed by atoms with Crippen LogP contribution < -0.4 is 0 Å². The Morgan fingerprint density at radius 3 is 2.15 bits per heavy atom. The van der Waals surface area contributed by atoms with Crippen LogP contribution in [0.1, 0.15) is 52.4 Å². The van der Waals surface area contributed by atoms with Gasteiger partial charge in [0.25, 0.3) is 0 Å². The van der Waals surface area contributed by atoms with Crippen LogP contribution in [0.5, 0.6) is 0 Å². The Kier molecular flexibility index (Phi) is 11.0. The van der Waals surface area contributed by atoms with E-state index in [0.717, 1.165) is 19.3 Å². The molecule has 20 heavy (non-hydrogen) atoms. The molecule has 2 atom stereocenters. The third-order valence-corrected chi connectivity index (χ3v) is 2.74. The van der Waals surface area contributed by atoms with Crippen molar-refractivity contribution in [3.8, 4) is 0 Å². The van der Waals surface area contributed by atoms with Crippen molar-refractivity contribution in [3.63, 3.8) is 0 Å². The van der Waals surface area contributed by atoms with Gasteiger partial charge in [-0.05, 0) is 13.3 Å². The Labute approximate surface area is 120 Å². The predicted molar refractivity (Wildman–Crippen MR) is 73.0 cm³/mol. The zero-order chi connectivity index (χ0) is 15.4. The van der Waals surface area contributed by atoms with Gasteiger partial charge >= 0.3 is 11.9 Å². The van der Waals surface area contributed by atoms with E-state index in [-0.39, 0.29) is 6.61 Å². The molecule has 0 saturated carbocycles. The van der Waals surface area contributed by atoms with E-state index in [1.807, 2.05) is 0 Å². The lowest BCUT2D eigenvalue weighted by molar-refractivity contribution is -0.164. The van der Waals surface area contributed by atoms with Crippen LogP contribution in [0.15, 0.2) is 0 Å². The highest BCUT2D eigenvalue weighted by Crippen LogP contribution is 2.05. The fraction of sp³-hybridized carbons (Fsp3) is 0.857. The first-order valence-corrected chi connectivity index (χ1v) is 7.18. The molecule has 0 aliphatic heterocycles. The van der Waals surface area contributed by atoms with Crippen LogP contribution in [0.3, 0.4) is 0 Å². The smallest absolute Gasteiger partial charge is 0.338 e. The molecule has 0 aromatic carbocycles. The van der Waals surface area contributed by atoms with Crippen molar-refractivity contribution in [2.24, 2.45) is 0 Å². The van der Waals surface area contributed by atoms with Crippen molar-refractivity contribution in [1.82, 2.24) is 0 Å². The summed E-state index contributed by atoms with van der Waals surface area (Å²) in [5.74, 6) is -1.69. The van der Waals surface area contributed by atoms with Crippen molar-refractivity contribution in [1.29, 1.82) is 0 Å². The summed E-state index contributed by atoms with van der Waals surface area (Å²) in [4.78, 5) is 22.3. The Balaban J connectivity index is 3.58. The van der Waals surface area contributed by atoms with E-state index >= 15 is 0 Å². The molecule has 0 saturated heterocycles. The molecule has 0 aliphatic carbocycles. The maximum absolute atomic E-state index is 11.3. The molecule has 6 heteroatoms. The molecule has 0 spiro atoms. The van der Waals surface area contributed by atoms with Crippen LogP contribution in [0.25, 0.3) is 0 Å². The molecule has 0 fully saturated rings. The van der Waals surface area contributed by atoms with E-state index in [4.69, 9.17) is 9.84 Å². The van der Waals surface area contributed by atoms with Crippen LogP contribution >= 0.6 is 0 Å². The molecule has 0 bridgehead atoms. The van der Waals surface area contributed by atoms with Gasteiger partial charge in [0.1, 0.15) is 12.7 Å². The van der Waals surface area contributed by atoms with Crippen molar-refractivity contribution in [3.05, 3.63) is 0 Å². The fourth-order valence-corrected chi connectivity index (χ4v) is 1.50. The molecule has 0 aromatic heterocycles. The summed E-state index contributed by atoms with van der Waals surface area (Å²) >= 11 is 0. The van der Waals surface area contributed by atoms with Gasteiger partial charge in [0.2, 0.25) is 0 Å². The van der Waals surface area contributed by atoms with E-state index in [1.54, 1.807) is 0 Å². The van der Waals surface area contributed by atoms with Gasteiger partial charge in [-0.25, -0.2) is 9.59 Å². The van der Waals surface area contributed by atoms with E-state index in [2.05, 4.69) is 11.7 Å². The van der Waals surface area contributed by atoms with Crippen molar-refractivity contribution in [2.45, 2.75) is 64.6 Å². The van der Waals surface area contributed by atoms with Gasteiger partial charge in [0.05, 0.1) is 6.61 Å². The van der Waals surface area contributed by atoms with E-state index < -0.39 is 30.8 Å². The highest BCUT2D eigenvalue weighted by Gasteiger charge is 2.20. The monoisotopic (exact) mass is 290 g/mol. The number of aliphatic hydroxyl groups excluding tert-OH is 2. The molecule has 6 nitrogen and oxygen atoms in total. The number of ether oxygens (including phenoxy) is 2. The summed E-state index contributed by atoms with van der Waals surface area (Å²) in [5.41, 5.74) is 0. The second-order valence-corrected chi connectivity index (χ2v) is 4.76. The average Bonchev–Trinajstić information content (AvgIpc) is 2.42. The van der Waals surface area contributed by atoms with Crippen molar-refractivity contribution < 1.29 is 29.3 Å². The lowest BCUT2D eigenvalue weighted by Crippen LogP contribution is -2.31. The molecule has 0 rings (SSSR count). The largest absolute Gasteiger partial charge is 0.464 e. The predicted octanol–water partition coefficient (Wildman–Crippen LogP) is 1.17. The SMILES string of the molecule is CCCCCCCCOC(=O)C(O)COC(=O)C(C)O. The summed E-state index contributed by atoms with van der Waals surface area (Å²) in [6, 6.07) is 0. The highest BCUT2D eigenvalue weighted by atomic mass is 16.6. The topological polar surface area (TPSA) is 93.1 Å². The minimum Gasteiger partial charge on any atom is -0.464 e. The normalized spacial score (nSPS) is 13.6. The minimum absolute atomic E-state index is 0.256. The van der Waals surface area contributed by atoms with Gasteiger partial charge < -0.3 is 19.7 Å². The Morgan fingerprint density at radius 1 is 0.950 bits per heavy atom. The number of aliphatic hydroxyl groups is 2. The van der Waals surface area contributed by atoms with E-state index in [1.165, 1.54) is 26.2 Å². The van der Waals surface area contributed by atoms with Crippen LogP contribution in [0.4, 0.5) is 0 Å². The van der Waals surface area contributed by atoms with Gasteiger partial charge in [-0.3, -0.25) is 0 Å². The Bertz CT molecular complexity index is 277. The van der Waals surface area contributed by atoms with Gasteiger partial charge in [0.15, 0.2) is 6.10 Å². The van der Waals surface area contributed by atoms with Gasteiger partial charge in [0, 0.05) is 0 Å². The second-order valence-electron chi connectivity index (χ2n) is 4.76. The number of rotatable bonds is 11. The second kappa shape index (κ2) is 11.7. The molecule has 0 aliphatic rings. The number of hydrogen-bond donors (Lipinski definition) is 2. The molecule has 2 N–H and O–H groups in total. The number of carbonyl (C=O) groups is 2.